The summed E-state index contributed by atoms with van der Waals surface area (Å²) in [4.78, 5) is 39.8. The van der Waals surface area contributed by atoms with Gasteiger partial charge in [0.25, 0.3) is 11.5 Å². The maximum Gasteiger partial charge on any atom is 0.322 e. The van der Waals surface area contributed by atoms with Gasteiger partial charge in [-0.2, -0.15) is 0 Å². The Kier molecular flexibility index (Phi) is 5.55. The average Bonchev–Trinajstić information content (AvgIpc) is 3.28. The monoisotopic (exact) mass is 466 g/mol. The summed E-state index contributed by atoms with van der Waals surface area (Å²) in [5, 5.41) is 9.73. The number of benzene rings is 1. The van der Waals surface area contributed by atoms with Gasteiger partial charge in [-0.15, -0.1) is 5.10 Å². The zero-order valence-corrected chi connectivity index (χ0v) is 18.7. The largest absolute Gasteiger partial charge is 0.495 e. The number of nitrogens with zero attached hydrogens (tertiary/aromatic N) is 4. The summed E-state index contributed by atoms with van der Waals surface area (Å²) < 4.78 is 10.9. The highest BCUT2D eigenvalue weighted by molar-refractivity contribution is 7.10. The number of urea groups is 1. The first-order valence-corrected chi connectivity index (χ1v) is 11.3. The van der Waals surface area contributed by atoms with Crippen molar-refractivity contribution in [1.29, 1.82) is 0 Å². The molecule has 1 aromatic carbocycles. The van der Waals surface area contributed by atoms with Crippen molar-refractivity contribution in [2.24, 2.45) is 5.92 Å². The molecule has 2 aliphatic rings. The van der Waals surface area contributed by atoms with E-state index >= 15 is 0 Å². The van der Waals surface area contributed by atoms with E-state index in [0.717, 1.165) is 23.6 Å². The maximum atomic E-state index is 13.1. The Bertz CT molecular complexity index is 1270. The fraction of sp³-hybridized carbons (Fsp3) is 0.318. The van der Waals surface area contributed by atoms with Crippen LogP contribution in [0.3, 0.4) is 0 Å². The minimum Gasteiger partial charge on any atom is -0.495 e. The van der Waals surface area contributed by atoms with Gasteiger partial charge in [0.15, 0.2) is 10.7 Å². The van der Waals surface area contributed by atoms with Crippen molar-refractivity contribution in [3.8, 4) is 5.75 Å². The number of anilines is 2. The van der Waals surface area contributed by atoms with Gasteiger partial charge >= 0.3 is 6.03 Å². The van der Waals surface area contributed by atoms with Crippen LogP contribution >= 0.6 is 11.5 Å². The number of hydrogen-bond acceptors (Lipinski definition) is 7. The van der Waals surface area contributed by atoms with Gasteiger partial charge in [-0.1, -0.05) is 22.7 Å². The number of pyridine rings is 1. The Hall–Kier alpha value is -3.73. The molecule has 5 rings (SSSR count). The van der Waals surface area contributed by atoms with E-state index in [0.29, 0.717) is 31.1 Å². The topological polar surface area (TPSA) is 118 Å². The number of methoxy groups -OCH3 is 1. The molecule has 1 fully saturated rings. The van der Waals surface area contributed by atoms with Crippen LogP contribution in [-0.4, -0.2) is 51.2 Å². The highest BCUT2D eigenvalue weighted by atomic mass is 32.1. The van der Waals surface area contributed by atoms with E-state index in [1.54, 1.807) is 41.3 Å². The van der Waals surface area contributed by atoms with Crippen LogP contribution in [0.1, 0.15) is 28.5 Å². The Morgan fingerprint density at radius 2 is 1.94 bits per heavy atom. The third kappa shape index (κ3) is 4.07. The first-order chi connectivity index (χ1) is 16.0. The van der Waals surface area contributed by atoms with E-state index in [1.165, 1.54) is 7.11 Å². The number of likely N-dealkylation sites (tertiary alicyclic amines) is 1. The van der Waals surface area contributed by atoms with E-state index in [9.17, 15) is 14.4 Å². The van der Waals surface area contributed by atoms with Gasteiger partial charge in [-0.3, -0.25) is 14.9 Å². The number of carbonyl (C=O) groups is 2. The molecule has 33 heavy (non-hydrogen) atoms. The molecule has 2 unspecified atom stereocenters. The lowest BCUT2D eigenvalue weighted by molar-refractivity contribution is 0.102. The lowest BCUT2D eigenvalue weighted by atomic mass is 9.83. The summed E-state index contributed by atoms with van der Waals surface area (Å²) in [6, 6.07) is 12.0. The molecule has 11 heteroatoms. The van der Waals surface area contributed by atoms with Crippen molar-refractivity contribution in [3.05, 3.63) is 64.2 Å². The SMILES string of the molecule is COc1ccccc1NC(=O)c1nnsc1NC(=O)N1CC2CC(C1)c1cccc(=O)n1C2. The summed E-state index contributed by atoms with van der Waals surface area (Å²) in [5.74, 6) is 0.325. The number of amides is 3. The number of rotatable bonds is 4. The smallest absolute Gasteiger partial charge is 0.322 e. The lowest BCUT2D eigenvalue weighted by Crippen LogP contribution is -2.50. The number of piperidine rings is 1. The molecule has 3 amide bonds. The van der Waals surface area contributed by atoms with Crippen LogP contribution in [0.5, 0.6) is 5.75 Å². The molecule has 4 heterocycles. The molecule has 2 atom stereocenters. The van der Waals surface area contributed by atoms with E-state index in [4.69, 9.17) is 4.74 Å². The molecule has 1 saturated heterocycles. The van der Waals surface area contributed by atoms with Crippen molar-refractivity contribution >= 4 is 34.2 Å². The Morgan fingerprint density at radius 1 is 1.09 bits per heavy atom. The standard InChI is InChI=1S/C22H22N6O4S/c1-32-17-7-3-2-5-15(17)23-20(30)19-21(33-26-25-19)24-22(31)27-10-13-9-14(12-27)16-6-4-8-18(29)28(16)11-13/h2-8,13-14H,9-12H2,1H3,(H,23,30)(H,24,31). The van der Waals surface area contributed by atoms with Crippen LogP contribution in [0.4, 0.5) is 15.5 Å². The molecule has 2 aliphatic heterocycles. The number of nitrogens with one attached hydrogen (secondary N) is 2. The summed E-state index contributed by atoms with van der Waals surface area (Å²) in [6.07, 6.45) is 0.946. The van der Waals surface area contributed by atoms with E-state index in [1.807, 2.05) is 10.6 Å². The minimum absolute atomic E-state index is 0.00142. The first kappa shape index (κ1) is 21.1. The van der Waals surface area contributed by atoms with Gasteiger partial charge < -0.3 is 19.5 Å². The molecule has 0 spiro atoms. The quantitative estimate of drug-likeness (QED) is 0.610. The molecule has 0 radical (unpaired) electrons. The summed E-state index contributed by atoms with van der Waals surface area (Å²) >= 11 is 0.945. The van der Waals surface area contributed by atoms with Gasteiger partial charge in [0.2, 0.25) is 0 Å². The van der Waals surface area contributed by atoms with Crippen molar-refractivity contribution in [2.45, 2.75) is 18.9 Å². The Labute approximate surface area is 193 Å². The van der Waals surface area contributed by atoms with Gasteiger partial charge in [0.05, 0.1) is 12.8 Å². The van der Waals surface area contributed by atoms with Crippen molar-refractivity contribution in [3.63, 3.8) is 0 Å². The molecule has 2 aromatic heterocycles. The van der Waals surface area contributed by atoms with Crippen LogP contribution in [0, 0.1) is 5.92 Å². The second-order valence-electron chi connectivity index (χ2n) is 8.14. The Balaban J connectivity index is 1.29. The van der Waals surface area contributed by atoms with E-state index in [-0.39, 0.29) is 34.1 Å². The predicted molar refractivity (Wildman–Crippen MR) is 123 cm³/mol. The van der Waals surface area contributed by atoms with Gasteiger partial charge in [0.1, 0.15) is 5.75 Å². The van der Waals surface area contributed by atoms with Crippen LogP contribution < -0.4 is 20.9 Å². The van der Waals surface area contributed by atoms with Crippen LogP contribution in [-0.2, 0) is 6.54 Å². The molecule has 2 N–H and O–H groups in total. The zero-order chi connectivity index (χ0) is 22.9. The molecule has 170 valence electrons. The van der Waals surface area contributed by atoms with Gasteiger partial charge in [-0.25, -0.2) is 4.79 Å². The number of para-hydroxylation sites is 2. The molecule has 3 aromatic rings. The van der Waals surface area contributed by atoms with Crippen molar-refractivity contribution in [2.75, 3.05) is 30.8 Å². The highest BCUT2D eigenvalue weighted by Gasteiger charge is 2.36. The average molecular weight is 467 g/mol. The fourth-order valence-electron chi connectivity index (χ4n) is 4.59. The normalized spacial score (nSPS) is 18.9. The van der Waals surface area contributed by atoms with Gasteiger partial charge in [0, 0.05) is 48.8 Å². The molecular formula is C22H22N6O4S. The third-order valence-electron chi connectivity index (χ3n) is 6.05. The second-order valence-corrected chi connectivity index (χ2v) is 8.89. The zero-order valence-electron chi connectivity index (χ0n) is 17.9. The molecule has 0 aliphatic carbocycles. The molecular weight excluding hydrogens is 444 g/mol. The maximum absolute atomic E-state index is 13.1. The van der Waals surface area contributed by atoms with E-state index < -0.39 is 5.91 Å². The minimum atomic E-state index is -0.493. The third-order valence-corrected chi connectivity index (χ3v) is 6.69. The first-order valence-electron chi connectivity index (χ1n) is 10.6. The fourth-order valence-corrected chi connectivity index (χ4v) is 5.15. The summed E-state index contributed by atoms with van der Waals surface area (Å²) in [6.45, 7) is 1.64. The van der Waals surface area contributed by atoms with Crippen molar-refractivity contribution in [1.82, 2.24) is 19.1 Å². The number of ether oxygens (including phenoxy) is 1. The lowest BCUT2D eigenvalue weighted by Gasteiger charge is -2.42. The summed E-state index contributed by atoms with van der Waals surface area (Å²) in [7, 11) is 1.52. The highest BCUT2D eigenvalue weighted by Crippen LogP contribution is 2.35. The van der Waals surface area contributed by atoms with Crippen LogP contribution in [0.15, 0.2) is 47.3 Å². The van der Waals surface area contributed by atoms with Crippen molar-refractivity contribution < 1.29 is 14.3 Å². The number of carbonyl (C=O) groups excluding carboxylic acids is 2. The number of fused-ring (bicyclic) bond motifs is 4. The molecule has 2 bridgehead atoms. The number of aromatic nitrogens is 3. The van der Waals surface area contributed by atoms with Gasteiger partial charge in [-0.05, 0) is 30.5 Å². The number of hydrogen-bond donors (Lipinski definition) is 2. The Morgan fingerprint density at radius 3 is 2.79 bits per heavy atom. The van der Waals surface area contributed by atoms with E-state index in [2.05, 4.69) is 20.2 Å². The molecule has 10 nitrogen and oxygen atoms in total. The molecule has 0 saturated carbocycles. The van der Waals surface area contributed by atoms with Crippen LogP contribution in [0.25, 0.3) is 0 Å². The summed E-state index contributed by atoms with van der Waals surface area (Å²) in [5.41, 5.74) is 1.50. The second kappa shape index (κ2) is 8.66. The van der Waals surface area contributed by atoms with Crippen LogP contribution in [0.2, 0.25) is 0 Å². The predicted octanol–water partition coefficient (Wildman–Crippen LogP) is 2.61.